The standard InChI is InChI=1S/C53H40N6Si/c1-60(2)50-19-9-7-17-48(50)59(49-18-8-10-20-51(49)60)53-35-43(34-52(56-53)58-46-15-5-3-13-44(46)45-14-4-6-16-47(45)58)57(41-25-21-37(22-26-41)39-29-32-54-33-30-39)42-27-23-38(24-28-42)40-12-11-31-55-36-40/h3-36H,1-2H3. The average Bonchev–Trinajstić information content (AvgIpc) is 3.65. The number of para-hydroxylation sites is 4. The van der Waals surface area contributed by atoms with Crippen LogP contribution in [0.15, 0.2) is 207 Å². The highest BCUT2D eigenvalue weighted by Crippen LogP contribution is 2.44. The Kier molecular flexibility index (Phi) is 8.49. The molecule has 0 spiro atoms. The molecule has 0 bridgehead atoms. The topological polar surface area (TPSA) is 50.1 Å². The minimum atomic E-state index is -2.05. The predicted molar refractivity (Wildman–Crippen MR) is 251 cm³/mol. The predicted octanol–water partition coefficient (Wildman–Crippen LogP) is 12.4. The van der Waals surface area contributed by atoms with Gasteiger partial charge in [-0.15, -0.1) is 0 Å². The zero-order chi connectivity index (χ0) is 40.2. The minimum Gasteiger partial charge on any atom is -0.310 e. The lowest BCUT2D eigenvalue weighted by atomic mass is 10.0. The van der Waals surface area contributed by atoms with E-state index in [9.17, 15) is 0 Å². The second-order valence-electron chi connectivity index (χ2n) is 15.8. The Balaban J connectivity index is 1.19. The maximum atomic E-state index is 5.69. The molecule has 0 N–H and O–H groups in total. The molecule has 0 unspecified atom stereocenters. The zero-order valence-corrected chi connectivity index (χ0v) is 34.3. The van der Waals surface area contributed by atoms with Crippen LogP contribution in [-0.2, 0) is 0 Å². The van der Waals surface area contributed by atoms with Crippen molar-refractivity contribution in [3.8, 4) is 28.1 Å². The number of fused-ring (bicyclic) bond motifs is 5. The molecule has 10 aromatic rings. The van der Waals surface area contributed by atoms with Gasteiger partial charge in [-0.1, -0.05) is 116 Å². The molecule has 0 aliphatic carbocycles. The van der Waals surface area contributed by atoms with Crippen molar-refractivity contribution < 1.29 is 0 Å². The Morgan fingerprint density at radius 1 is 0.433 bits per heavy atom. The summed E-state index contributed by atoms with van der Waals surface area (Å²) in [6.07, 6.45) is 7.41. The molecule has 0 radical (unpaired) electrons. The largest absolute Gasteiger partial charge is 0.310 e. The molecule has 6 aromatic carbocycles. The van der Waals surface area contributed by atoms with Crippen LogP contribution < -0.4 is 20.2 Å². The number of benzene rings is 6. The quantitative estimate of drug-likeness (QED) is 0.151. The van der Waals surface area contributed by atoms with E-state index < -0.39 is 8.07 Å². The van der Waals surface area contributed by atoms with Gasteiger partial charge in [0, 0.05) is 70.4 Å². The van der Waals surface area contributed by atoms with E-state index in [1.54, 1.807) is 0 Å². The molecule has 0 amide bonds. The van der Waals surface area contributed by atoms with E-state index in [0.29, 0.717) is 0 Å². The van der Waals surface area contributed by atoms with Gasteiger partial charge in [-0.05, 0) is 99.4 Å². The van der Waals surface area contributed by atoms with Crippen LogP contribution in [0, 0.1) is 0 Å². The van der Waals surface area contributed by atoms with Crippen LogP contribution in [-0.4, -0.2) is 27.6 Å². The Labute approximate surface area is 350 Å². The monoisotopic (exact) mass is 788 g/mol. The first-order chi connectivity index (χ1) is 29.5. The molecule has 60 heavy (non-hydrogen) atoms. The summed E-state index contributed by atoms with van der Waals surface area (Å²) in [4.78, 5) is 19.1. The minimum absolute atomic E-state index is 0.835. The molecular formula is C53H40N6Si. The van der Waals surface area contributed by atoms with Gasteiger partial charge in [-0.25, -0.2) is 4.98 Å². The van der Waals surface area contributed by atoms with Crippen molar-refractivity contribution in [1.82, 2.24) is 19.5 Å². The van der Waals surface area contributed by atoms with Crippen molar-refractivity contribution in [2.24, 2.45) is 0 Å². The van der Waals surface area contributed by atoms with Crippen LogP contribution in [0.1, 0.15) is 0 Å². The molecule has 0 saturated carbocycles. The number of rotatable bonds is 7. The third-order valence-electron chi connectivity index (χ3n) is 12.0. The molecule has 6 nitrogen and oxygen atoms in total. The first kappa shape index (κ1) is 35.5. The molecule has 0 fully saturated rings. The number of hydrogen-bond acceptors (Lipinski definition) is 5. The van der Waals surface area contributed by atoms with E-state index >= 15 is 0 Å². The van der Waals surface area contributed by atoms with Crippen molar-refractivity contribution in [2.75, 3.05) is 9.80 Å². The number of pyridine rings is 3. The number of nitrogens with zero attached hydrogens (tertiary/aromatic N) is 6. The van der Waals surface area contributed by atoms with Gasteiger partial charge < -0.3 is 4.90 Å². The summed E-state index contributed by atoms with van der Waals surface area (Å²) in [5, 5.41) is 5.17. The first-order valence-electron chi connectivity index (χ1n) is 20.3. The van der Waals surface area contributed by atoms with Crippen molar-refractivity contribution in [1.29, 1.82) is 0 Å². The lowest BCUT2D eigenvalue weighted by Crippen LogP contribution is -2.58. The summed E-state index contributed by atoms with van der Waals surface area (Å²) in [7, 11) is -2.05. The highest BCUT2D eigenvalue weighted by Gasteiger charge is 2.39. The Hall–Kier alpha value is -7.61. The molecule has 1 aliphatic rings. The Morgan fingerprint density at radius 2 is 0.950 bits per heavy atom. The smallest absolute Gasteiger partial charge is 0.142 e. The molecule has 7 heteroatoms. The van der Waals surface area contributed by atoms with Gasteiger partial charge in [0.05, 0.1) is 16.7 Å². The fourth-order valence-corrected chi connectivity index (χ4v) is 12.0. The Bertz CT molecular complexity index is 2990. The molecule has 11 rings (SSSR count). The fourth-order valence-electron chi connectivity index (χ4n) is 9.06. The summed E-state index contributed by atoms with van der Waals surface area (Å²) in [6.45, 7) is 4.92. The van der Waals surface area contributed by atoms with Gasteiger partial charge in [0.1, 0.15) is 19.7 Å². The summed E-state index contributed by atoms with van der Waals surface area (Å²) in [6, 6.07) is 65.4. The molecule has 5 heterocycles. The molecule has 0 atom stereocenters. The van der Waals surface area contributed by atoms with Gasteiger partial charge in [-0.3, -0.25) is 19.4 Å². The lowest BCUT2D eigenvalue weighted by molar-refractivity contribution is 1.05. The van der Waals surface area contributed by atoms with Crippen molar-refractivity contribution in [2.45, 2.75) is 13.1 Å². The van der Waals surface area contributed by atoms with Gasteiger partial charge in [-0.2, -0.15) is 0 Å². The highest BCUT2D eigenvalue weighted by molar-refractivity contribution is 7.02. The third-order valence-corrected chi connectivity index (χ3v) is 15.5. The van der Waals surface area contributed by atoms with Crippen LogP contribution >= 0.6 is 0 Å². The maximum absolute atomic E-state index is 5.69. The van der Waals surface area contributed by atoms with E-state index in [-0.39, 0.29) is 0 Å². The van der Waals surface area contributed by atoms with E-state index in [1.807, 2.05) is 30.9 Å². The zero-order valence-electron chi connectivity index (χ0n) is 33.3. The number of hydrogen-bond donors (Lipinski definition) is 0. The fraction of sp³-hybridized carbons (Fsp3) is 0.0377. The molecule has 0 saturated heterocycles. The van der Waals surface area contributed by atoms with E-state index in [4.69, 9.17) is 4.98 Å². The molecule has 286 valence electrons. The highest BCUT2D eigenvalue weighted by atomic mass is 28.3. The third kappa shape index (κ3) is 5.90. The summed E-state index contributed by atoms with van der Waals surface area (Å²) < 4.78 is 2.33. The van der Waals surface area contributed by atoms with Crippen LogP contribution in [0.4, 0.5) is 34.3 Å². The van der Waals surface area contributed by atoms with Gasteiger partial charge in [0.25, 0.3) is 0 Å². The Morgan fingerprint density at radius 3 is 1.53 bits per heavy atom. The van der Waals surface area contributed by atoms with Crippen LogP contribution in [0.2, 0.25) is 13.1 Å². The second-order valence-corrected chi connectivity index (χ2v) is 20.1. The molecule has 1 aliphatic heterocycles. The maximum Gasteiger partial charge on any atom is 0.142 e. The van der Waals surface area contributed by atoms with E-state index in [0.717, 1.165) is 62.0 Å². The molecular weight excluding hydrogens is 749 g/mol. The summed E-state index contributed by atoms with van der Waals surface area (Å²) in [5.74, 6) is 1.68. The lowest BCUT2D eigenvalue weighted by Gasteiger charge is -2.40. The summed E-state index contributed by atoms with van der Waals surface area (Å²) in [5.41, 5.74) is 12.0. The normalized spacial score (nSPS) is 12.9. The van der Waals surface area contributed by atoms with Crippen molar-refractivity contribution in [3.63, 3.8) is 0 Å². The van der Waals surface area contributed by atoms with Crippen molar-refractivity contribution in [3.05, 3.63) is 207 Å². The van der Waals surface area contributed by atoms with Crippen molar-refractivity contribution >= 4 is 74.5 Å². The number of anilines is 6. The van der Waals surface area contributed by atoms with Crippen LogP contribution in [0.25, 0.3) is 49.9 Å². The van der Waals surface area contributed by atoms with Gasteiger partial charge in [0.15, 0.2) is 0 Å². The average molecular weight is 789 g/mol. The van der Waals surface area contributed by atoms with E-state index in [2.05, 4.69) is 213 Å². The first-order valence-corrected chi connectivity index (χ1v) is 23.3. The second kappa shape index (κ2) is 14.3. The van der Waals surface area contributed by atoms with E-state index in [1.165, 1.54) is 32.5 Å². The number of aromatic nitrogens is 4. The van der Waals surface area contributed by atoms with Crippen LogP contribution in [0.3, 0.4) is 0 Å². The van der Waals surface area contributed by atoms with Crippen LogP contribution in [0.5, 0.6) is 0 Å². The van der Waals surface area contributed by atoms with Gasteiger partial charge >= 0.3 is 0 Å². The van der Waals surface area contributed by atoms with Gasteiger partial charge in [0.2, 0.25) is 0 Å². The summed E-state index contributed by atoms with van der Waals surface area (Å²) >= 11 is 0. The SMILES string of the molecule is C[Si]1(C)c2ccccc2N(c2cc(N(c3ccc(-c4ccncc4)cc3)c3ccc(-c4cccnc4)cc3)cc(-n3c4ccccc4c4ccccc43)n2)c2ccccc21. The molecule has 4 aromatic heterocycles.